The van der Waals surface area contributed by atoms with Gasteiger partial charge in [-0.2, -0.15) is 0 Å². The maximum atomic E-state index is 12.8. The highest BCUT2D eigenvalue weighted by Gasteiger charge is 2.22. The van der Waals surface area contributed by atoms with E-state index in [1.54, 1.807) is 29.7 Å². The molecule has 0 atom stereocenters. The van der Waals surface area contributed by atoms with Crippen molar-refractivity contribution in [1.82, 2.24) is 19.8 Å². The van der Waals surface area contributed by atoms with Gasteiger partial charge in [0.2, 0.25) is 5.88 Å². The van der Waals surface area contributed by atoms with Crippen LogP contribution < -0.4 is 4.74 Å². The van der Waals surface area contributed by atoms with E-state index in [-0.39, 0.29) is 5.91 Å². The molecule has 1 fully saturated rings. The number of amides is 1. The lowest BCUT2D eigenvalue weighted by Crippen LogP contribution is -2.48. The van der Waals surface area contributed by atoms with Crippen LogP contribution in [0.25, 0.3) is 0 Å². The molecule has 0 bridgehead atoms. The van der Waals surface area contributed by atoms with Crippen LogP contribution in [0.3, 0.4) is 0 Å². The van der Waals surface area contributed by atoms with Crippen LogP contribution in [-0.4, -0.2) is 51.9 Å². The summed E-state index contributed by atoms with van der Waals surface area (Å²) in [7, 11) is 0. The third-order valence-corrected chi connectivity index (χ3v) is 5.48. The van der Waals surface area contributed by atoms with Crippen LogP contribution >= 0.6 is 11.3 Å². The number of nitrogens with zero attached hydrogens (tertiary/aromatic N) is 4. The van der Waals surface area contributed by atoms with Crippen LogP contribution in [0.5, 0.6) is 11.6 Å². The topological polar surface area (TPSA) is 58.6 Å². The Morgan fingerprint density at radius 3 is 2.54 bits per heavy atom. The number of hydrogen-bond donors (Lipinski definition) is 0. The second-order valence-electron chi connectivity index (χ2n) is 6.73. The molecule has 2 aromatic heterocycles. The zero-order valence-corrected chi connectivity index (χ0v) is 16.6. The van der Waals surface area contributed by atoms with Gasteiger partial charge in [-0.25, -0.2) is 9.97 Å². The highest BCUT2D eigenvalue weighted by atomic mass is 32.1. The van der Waals surface area contributed by atoms with Gasteiger partial charge in [-0.05, 0) is 25.1 Å². The van der Waals surface area contributed by atoms with Crippen LogP contribution in [0.1, 0.15) is 21.1 Å². The molecule has 3 aromatic rings. The van der Waals surface area contributed by atoms with E-state index in [1.165, 1.54) is 0 Å². The van der Waals surface area contributed by atoms with Crippen molar-refractivity contribution in [3.63, 3.8) is 0 Å². The zero-order valence-electron chi connectivity index (χ0n) is 15.7. The number of hydrogen-bond acceptors (Lipinski definition) is 6. The summed E-state index contributed by atoms with van der Waals surface area (Å²) in [5, 5.41) is 3.20. The minimum absolute atomic E-state index is 0.0166. The summed E-state index contributed by atoms with van der Waals surface area (Å²) in [6.07, 6.45) is 1.59. The number of thiazole rings is 1. The molecule has 28 heavy (non-hydrogen) atoms. The summed E-state index contributed by atoms with van der Waals surface area (Å²) in [4.78, 5) is 25.8. The van der Waals surface area contributed by atoms with Gasteiger partial charge >= 0.3 is 0 Å². The quantitative estimate of drug-likeness (QED) is 0.662. The number of aromatic nitrogens is 2. The number of pyridine rings is 1. The molecule has 1 amide bonds. The summed E-state index contributed by atoms with van der Waals surface area (Å²) >= 11 is 1.68. The molecule has 1 aliphatic heterocycles. The lowest BCUT2D eigenvalue weighted by molar-refractivity contribution is 0.0627. The number of piperazine rings is 1. The highest BCUT2D eigenvalue weighted by molar-refractivity contribution is 7.09. The first-order valence-corrected chi connectivity index (χ1v) is 10.2. The average molecular weight is 395 g/mol. The van der Waals surface area contributed by atoms with Gasteiger partial charge in [0, 0.05) is 50.4 Å². The molecule has 0 radical (unpaired) electrons. The molecule has 144 valence electrons. The van der Waals surface area contributed by atoms with Gasteiger partial charge in [0.15, 0.2) is 0 Å². The molecule has 1 aromatic carbocycles. The Morgan fingerprint density at radius 1 is 1.11 bits per heavy atom. The summed E-state index contributed by atoms with van der Waals surface area (Å²) in [5.41, 5.74) is 1.70. The van der Waals surface area contributed by atoms with E-state index < -0.39 is 0 Å². The van der Waals surface area contributed by atoms with Crippen LogP contribution in [0.2, 0.25) is 0 Å². The number of carbonyl (C=O) groups excluding carboxylic acids is 1. The fourth-order valence-electron chi connectivity index (χ4n) is 3.18. The van der Waals surface area contributed by atoms with E-state index in [0.717, 1.165) is 36.1 Å². The number of carbonyl (C=O) groups is 1. The van der Waals surface area contributed by atoms with Crippen LogP contribution in [0, 0.1) is 6.92 Å². The van der Waals surface area contributed by atoms with Gasteiger partial charge in [-0.1, -0.05) is 18.2 Å². The van der Waals surface area contributed by atoms with E-state index in [2.05, 4.69) is 20.2 Å². The monoisotopic (exact) mass is 394 g/mol. The minimum Gasteiger partial charge on any atom is -0.439 e. The van der Waals surface area contributed by atoms with Crippen molar-refractivity contribution in [3.8, 4) is 11.6 Å². The Labute approximate surface area is 168 Å². The highest BCUT2D eigenvalue weighted by Crippen LogP contribution is 2.19. The molecule has 4 rings (SSSR count). The van der Waals surface area contributed by atoms with E-state index >= 15 is 0 Å². The Bertz CT molecular complexity index is 919. The predicted molar refractivity (Wildman–Crippen MR) is 109 cm³/mol. The molecule has 0 N–H and O–H groups in total. The number of aryl methyl sites for hydroxylation is 1. The molecular weight excluding hydrogens is 372 g/mol. The Balaban J connectivity index is 1.31. The molecular formula is C21H22N4O2S. The van der Waals surface area contributed by atoms with Crippen molar-refractivity contribution in [2.75, 3.05) is 26.2 Å². The molecule has 0 unspecified atom stereocenters. The number of para-hydroxylation sites is 1. The van der Waals surface area contributed by atoms with Gasteiger partial charge in [0.05, 0.1) is 16.3 Å². The van der Waals surface area contributed by atoms with Crippen molar-refractivity contribution in [2.24, 2.45) is 0 Å². The third kappa shape index (κ3) is 4.55. The SMILES string of the molecule is Cc1nc(CN2CCN(C(=O)c3ccc(Oc4ccccc4)nc3)CC2)cs1. The van der Waals surface area contributed by atoms with E-state index in [1.807, 2.05) is 42.2 Å². The zero-order chi connectivity index (χ0) is 19.3. The van der Waals surface area contributed by atoms with Gasteiger partial charge < -0.3 is 9.64 Å². The van der Waals surface area contributed by atoms with Gasteiger partial charge in [0.1, 0.15) is 5.75 Å². The number of rotatable bonds is 5. The van der Waals surface area contributed by atoms with E-state index in [4.69, 9.17) is 4.74 Å². The van der Waals surface area contributed by atoms with Crippen LogP contribution in [-0.2, 0) is 6.54 Å². The molecule has 3 heterocycles. The standard InChI is InChI=1S/C21H22N4O2S/c1-16-23-18(15-28-16)14-24-9-11-25(12-10-24)21(26)17-7-8-20(22-13-17)27-19-5-3-2-4-6-19/h2-8,13,15H,9-12,14H2,1H3. The van der Waals surface area contributed by atoms with E-state index in [0.29, 0.717) is 24.5 Å². The smallest absolute Gasteiger partial charge is 0.255 e. The third-order valence-electron chi connectivity index (χ3n) is 4.66. The van der Waals surface area contributed by atoms with Crippen molar-refractivity contribution < 1.29 is 9.53 Å². The fraction of sp³-hybridized carbons (Fsp3) is 0.286. The lowest BCUT2D eigenvalue weighted by Gasteiger charge is -2.34. The Hall–Kier alpha value is -2.77. The largest absolute Gasteiger partial charge is 0.439 e. The van der Waals surface area contributed by atoms with E-state index in [9.17, 15) is 4.79 Å². The van der Waals surface area contributed by atoms with Gasteiger partial charge in [-0.15, -0.1) is 11.3 Å². The van der Waals surface area contributed by atoms with Crippen molar-refractivity contribution in [1.29, 1.82) is 0 Å². The lowest BCUT2D eigenvalue weighted by atomic mass is 10.2. The molecule has 1 aliphatic rings. The Morgan fingerprint density at radius 2 is 1.89 bits per heavy atom. The maximum Gasteiger partial charge on any atom is 0.255 e. The second-order valence-corrected chi connectivity index (χ2v) is 7.79. The van der Waals surface area contributed by atoms with Crippen molar-refractivity contribution >= 4 is 17.2 Å². The summed E-state index contributed by atoms with van der Waals surface area (Å²) < 4.78 is 5.68. The van der Waals surface area contributed by atoms with Crippen LogP contribution in [0.4, 0.5) is 0 Å². The number of ether oxygens (including phenoxy) is 1. The second kappa shape index (κ2) is 8.50. The predicted octanol–water partition coefficient (Wildman–Crippen LogP) is 3.60. The summed E-state index contributed by atoms with van der Waals surface area (Å²) in [6, 6.07) is 13.0. The minimum atomic E-state index is 0.0166. The summed E-state index contributed by atoms with van der Waals surface area (Å²) in [6.45, 7) is 6.00. The fourth-order valence-corrected chi connectivity index (χ4v) is 3.78. The maximum absolute atomic E-state index is 12.8. The molecule has 1 saturated heterocycles. The first-order chi connectivity index (χ1) is 13.7. The summed E-state index contributed by atoms with van der Waals surface area (Å²) in [5.74, 6) is 1.22. The van der Waals surface area contributed by atoms with Crippen LogP contribution in [0.15, 0.2) is 54.0 Å². The van der Waals surface area contributed by atoms with Crippen molar-refractivity contribution in [3.05, 3.63) is 70.3 Å². The number of benzene rings is 1. The normalized spacial score (nSPS) is 14.8. The van der Waals surface area contributed by atoms with Gasteiger partial charge in [0.25, 0.3) is 5.91 Å². The van der Waals surface area contributed by atoms with Gasteiger partial charge in [-0.3, -0.25) is 9.69 Å². The molecule has 7 heteroatoms. The Kier molecular flexibility index (Phi) is 5.64. The first kappa shape index (κ1) is 18.6. The molecule has 6 nitrogen and oxygen atoms in total. The first-order valence-electron chi connectivity index (χ1n) is 9.29. The average Bonchev–Trinajstić information content (AvgIpc) is 3.14. The molecule has 0 aliphatic carbocycles. The molecule has 0 spiro atoms. The van der Waals surface area contributed by atoms with Crippen molar-refractivity contribution in [2.45, 2.75) is 13.5 Å². The molecule has 0 saturated carbocycles.